The molecular formula is C27H33N3O4S2. The van der Waals surface area contributed by atoms with Crippen LogP contribution >= 0.6 is 23.1 Å². The number of aromatic nitrogens is 2. The molecule has 36 heavy (non-hydrogen) atoms. The van der Waals surface area contributed by atoms with Gasteiger partial charge in [0.1, 0.15) is 10.6 Å². The Morgan fingerprint density at radius 2 is 1.89 bits per heavy atom. The van der Waals surface area contributed by atoms with Crippen molar-refractivity contribution in [3.63, 3.8) is 0 Å². The minimum Gasteiger partial charge on any atom is -0.497 e. The van der Waals surface area contributed by atoms with E-state index in [-0.39, 0.29) is 22.8 Å². The first-order valence-electron chi connectivity index (χ1n) is 12.7. The summed E-state index contributed by atoms with van der Waals surface area (Å²) in [7, 11) is 1.62. The van der Waals surface area contributed by atoms with Crippen LogP contribution in [-0.2, 0) is 22.6 Å². The number of thioether (sulfide) groups is 1. The van der Waals surface area contributed by atoms with E-state index in [4.69, 9.17) is 14.5 Å². The highest BCUT2D eigenvalue weighted by Gasteiger charge is 2.30. The van der Waals surface area contributed by atoms with Gasteiger partial charge in [0.25, 0.3) is 5.56 Å². The smallest absolute Gasteiger partial charge is 0.267 e. The Morgan fingerprint density at radius 1 is 1.17 bits per heavy atom. The van der Waals surface area contributed by atoms with Gasteiger partial charge in [-0.05, 0) is 61.9 Å². The number of hydrogen-bond donors (Lipinski definition) is 0. The number of piperidine rings is 1. The highest BCUT2D eigenvalue weighted by Crippen LogP contribution is 2.37. The molecule has 0 bridgehead atoms. The summed E-state index contributed by atoms with van der Waals surface area (Å²) < 4.78 is 13.1. The average Bonchev–Trinajstić information content (AvgIpc) is 3.26. The Labute approximate surface area is 219 Å². The van der Waals surface area contributed by atoms with Crippen LogP contribution in [-0.4, -0.2) is 51.9 Å². The Morgan fingerprint density at radius 3 is 2.56 bits per heavy atom. The summed E-state index contributed by atoms with van der Waals surface area (Å²) in [6, 6.07) is 7.42. The number of carbonyl (C=O) groups excluding carboxylic acids is 1. The average molecular weight is 528 g/mol. The quantitative estimate of drug-likeness (QED) is 0.330. The lowest BCUT2D eigenvalue weighted by Gasteiger charge is -2.29. The van der Waals surface area contributed by atoms with Crippen molar-refractivity contribution >= 4 is 39.2 Å². The van der Waals surface area contributed by atoms with Gasteiger partial charge in [-0.2, -0.15) is 0 Å². The summed E-state index contributed by atoms with van der Waals surface area (Å²) in [5, 5.41) is 0.870. The predicted octanol–water partition coefficient (Wildman–Crippen LogP) is 5.05. The van der Waals surface area contributed by atoms with E-state index in [1.165, 1.54) is 29.5 Å². The van der Waals surface area contributed by atoms with Gasteiger partial charge in [-0.25, -0.2) is 4.98 Å². The normalized spacial score (nSPS) is 18.9. The van der Waals surface area contributed by atoms with Crippen molar-refractivity contribution in [2.75, 3.05) is 20.2 Å². The molecule has 2 aliphatic rings. The monoisotopic (exact) mass is 527 g/mol. The highest BCUT2D eigenvalue weighted by atomic mass is 32.2. The summed E-state index contributed by atoms with van der Waals surface area (Å²) in [5.74, 6) is 1.18. The minimum absolute atomic E-state index is 0.0837. The van der Waals surface area contributed by atoms with Gasteiger partial charge >= 0.3 is 0 Å². The second kappa shape index (κ2) is 10.6. The van der Waals surface area contributed by atoms with E-state index in [1.54, 1.807) is 11.7 Å². The topological polar surface area (TPSA) is 73.7 Å². The lowest BCUT2D eigenvalue weighted by molar-refractivity contribution is -0.131. The Bertz CT molecular complexity index is 1310. The number of benzene rings is 1. The number of ether oxygens (including phenoxy) is 2. The fourth-order valence-electron chi connectivity index (χ4n) is 4.95. The van der Waals surface area contributed by atoms with E-state index in [0.717, 1.165) is 41.2 Å². The molecule has 0 saturated carbocycles. The van der Waals surface area contributed by atoms with Crippen LogP contribution in [0.3, 0.4) is 0 Å². The van der Waals surface area contributed by atoms with Crippen molar-refractivity contribution in [1.29, 1.82) is 0 Å². The molecule has 192 valence electrons. The first kappa shape index (κ1) is 25.3. The minimum atomic E-state index is -0.347. The molecule has 0 aliphatic carbocycles. The van der Waals surface area contributed by atoms with Crippen LogP contribution in [0.15, 0.2) is 34.2 Å². The molecule has 2 aromatic heterocycles. The zero-order valence-electron chi connectivity index (χ0n) is 21.3. The zero-order valence-corrected chi connectivity index (χ0v) is 22.9. The Hall–Kier alpha value is -2.36. The van der Waals surface area contributed by atoms with Crippen molar-refractivity contribution in [3.8, 4) is 11.4 Å². The van der Waals surface area contributed by atoms with Gasteiger partial charge in [-0.1, -0.05) is 25.6 Å². The van der Waals surface area contributed by atoms with Crippen LogP contribution in [0.5, 0.6) is 5.75 Å². The van der Waals surface area contributed by atoms with E-state index in [2.05, 4.69) is 13.8 Å². The summed E-state index contributed by atoms with van der Waals surface area (Å²) in [4.78, 5) is 36.0. The number of methoxy groups -OCH3 is 1. The summed E-state index contributed by atoms with van der Waals surface area (Å²) in [6.07, 6.45) is 4.06. The molecule has 9 heteroatoms. The fourth-order valence-corrected chi connectivity index (χ4v) is 7.13. The summed E-state index contributed by atoms with van der Waals surface area (Å²) >= 11 is 2.90. The first-order chi connectivity index (χ1) is 17.4. The molecular weight excluding hydrogens is 494 g/mol. The number of likely N-dealkylation sites (tertiary alicyclic amines) is 1. The largest absolute Gasteiger partial charge is 0.497 e. The van der Waals surface area contributed by atoms with Gasteiger partial charge in [-0.3, -0.25) is 14.2 Å². The maximum absolute atomic E-state index is 14.1. The van der Waals surface area contributed by atoms with Gasteiger partial charge in [0, 0.05) is 24.4 Å². The van der Waals surface area contributed by atoms with Crippen molar-refractivity contribution < 1.29 is 14.3 Å². The Kier molecular flexibility index (Phi) is 7.42. The van der Waals surface area contributed by atoms with Crippen LogP contribution in [0.25, 0.3) is 15.9 Å². The molecule has 5 rings (SSSR count). The van der Waals surface area contributed by atoms with E-state index in [9.17, 15) is 9.59 Å². The van der Waals surface area contributed by atoms with E-state index in [0.29, 0.717) is 40.9 Å². The van der Waals surface area contributed by atoms with Crippen molar-refractivity contribution in [3.05, 3.63) is 45.1 Å². The number of nitrogens with zero attached hydrogens (tertiary/aromatic N) is 3. The van der Waals surface area contributed by atoms with E-state index in [1.807, 2.05) is 36.1 Å². The van der Waals surface area contributed by atoms with E-state index >= 15 is 0 Å². The van der Waals surface area contributed by atoms with E-state index < -0.39 is 0 Å². The van der Waals surface area contributed by atoms with Crippen LogP contribution in [0.2, 0.25) is 0 Å². The number of fused-ring (bicyclic) bond motifs is 3. The van der Waals surface area contributed by atoms with Crippen LogP contribution in [0, 0.1) is 5.92 Å². The fraction of sp³-hybridized carbons (Fsp3) is 0.519. The third-order valence-corrected chi connectivity index (χ3v) is 9.22. The summed E-state index contributed by atoms with van der Waals surface area (Å²) in [6.45, 7) is 8.32. The van der Waals surface area contributed by atoms with Crippen molar-refractivity contribution in [2.45, 2.75) is 69.6 Å². The second-order valence-electron chi connectivity index (χ2n) is 9.86. The van der Waals surface area contributed by atoms with Crippen molar-refractivity contribution in [1.82, 2.24) is 14.5 Å². The van der Waals surface area contributed by atoms with Gasteiger partial charge in [-0.15, -0.1) is 11.3 Å². The number of amides is 1. The number of hydrogen-bond acceptors (Lipinski definition) is 7. The Balaban J connectivity index is 1.60. The molecule has 0 N–H and O–H groups in total. The molecule has 1 amide bonds. The molecule has 3 aromatic rings. The predicted molar refractivity (Wildman–Crippen MR) is 145 cm³/mol. The molecule has 7 nitrogen and oxygen atoms in total. The molecule has 0 radical (unpaired) electrons. The molecule has 4 heterocycles. The molecule has 1 aromatic carbocycles. The number of carbonyl (C=O) groups is 1. The van der Waals surface area contributed by atoms with Crippen LogP contribution in [0.1, 0.15) is 50.5 Å². The van der Waals surface area contributed by atoms with Gasteiger partial charge in [0.2, 0.25) is 5.91 Å². The third kappa shape index (κ3) is 4.80. The maximum atomic E-state index is 14.1. The standard InChI is InChI=1S/C27H33N3O4S2/c1-16(2)21-14-20-22(15-34-21)36-24-23(20)26(32)30(18-8-10-19(33-4)11-9-18)27(28-24)35-17(3)25(31)29-12-6-5-7-13-29/h8-11,16-17,21H,5-7,12-15H2,1-4H3. The second-order valence-corrected chi connectivity index (χ2v) is 12.3. The maximum Gasteiger partial charge on any atom is 0.267 e. The molecule has 2 aliphatic heterocycles. The lowest BCUT2D eigenvalue weighted by Crippen LogP contribution is -2.40. The highest BCUT2D eigenvalue weighted by molar-refractivity contribution is 8.00. The van der Waals surface area contributed by atoms with Crippen molar-refractivity contribution in [2.24, 2.45) is 5.92 Å². The zero-order chi connectivity index (χ0) is 25.4. The first-order valence-corrected chi connectivity index (χ1v) is 14.4. The number of thiophene rings is 1. The third-order valence-electron chi connectivity index (χ3n) is 7.08. The molecule has 2 atom stereocenters. The number of rotatable bonds is 6. The van der Waals surface area contributed by atoms with Crippen LogP contribution in [0.4, 0.5) is 0 Å². The van der Waals surface area contributed by atoms with Gasteiger partial charge < -0.3 is 14.4 Å². The lowest BCUT2D eigenvalue weighted by atomic mass is 9.96. The van der Waals surface area contributed by atoms with Gasteiger partial charge in [0.15, 0.2) is 5.16 Å². The SMILES string of the molecule is COc1ccc(-n2c(SC(C)C(=O)N3CCCCC3)nc3sc4c(c3c2=O)CC(C(C)C)OC4)cc1. The molecule has 1 fully saturated rings. The molecule has 0 spiro atoms. The van der Waals surface area contributed by atoms with Crippen LogP contribution < -0.4 is 10.3 Å². The van der Waals surface area contributed by atoms with Gasteiger partial charge in [0.05, 0.1) is 36.1 Å². The summed E-state index contributed by atoms with van der Waals surface area (Å²) in [5.41, 5.74) is 1.68. The molecule has 2 unspecified atom stereocenters. The molecule has 1 saturated heterocycles.